The summed E-state index contributed by atoms with van der Waals surface area (Å²) in [5.74, 6) is 0. The molecule has 5 heteroatoms. The molecule has 0 unspecified atom stereocenters. The Morgan fingerprint density at radius 3 is 2.38 bits per heavy atom. The summed E-state index contributed by atoms with van der Waals surface area (Å²) in [5.41, 5.74) is 1.59. The molecule has 0 radical (unpaired) electrons. The average Bonchev–Trinajstić information content (AvgIpc) is 2.75. The van der Waals surface area contributed by atoms with Gasteiger partial charge in [-0.2, -0.15) is 8.42 Å². The first-order valence-electron chi connectivity index (χ1n) is 4.71. The maximum absolute atomic E-state index is 11.7. The van der Waals surface area contributed by atoms with Gasteiger partial charge in [0, 0.05) is 5.69 Å². The number of rotatable bonds is 3. The quantitative estimate of drug-likeness (QED) is 0.891. The third kappa shape index (κ3) is 2.25. The highest BCUT2D eigenvalue weighted by Gasteiger charge is 2.16. The van der Waals surface area contributed by atoms with E-state index in [1.54, 1.807) is 12.1 Å². The molecule has 1 aromatic carbocycles. The van der Waals surface area contributed by atoms with E-state index in [-0.39, 0.29) is 5.09 Å². The molecule has 0 aliphatic carbocycles. The van der Waals surface area contributed by atoms with E-state index in [4.69, 9.17) is 4.42 Å². The molecule has 2 rings (SSSR count). The fraction of sp³-hybridized carbons (Fsp3) is 0.0909. The van der Waals surface area contributed by atoms with Gasteiger partial charge < -0.3 is 4.42 Å². The van der Waals surface area contributed by atoms with E-state index in [1.807, 2.05) is 19.1 Å². The largest absolute Gasteiger partial charge is 0.451 e. The van der Waals surface area contributed by atoms with Crippen LogP contribution in [0.15, 0.2) is 52.2 Å². The number of furan rings is 1. The SMILES string of the molecule is Cc1ccc(NS(=O)(=O)c2ccco2)cc1. The van der Waals surface area contributed by atoms with Crippen LogP contribution < -0.4 is 4.72 Å². The van der Waals surface area contributed by atoms with Crippen molar-refractivity contribution in [1.82, 2.24) is 0 Å². The molecule has 0 amide bonds. The van der Waals surface area contributed by atoms with Gasteiger partial charge in [-0.05, 0) is 31.2 Å². The van der Waals surface area contributed by atoms with Gasteiger partial charge >= 0.3 is 0 Å². The summed E-state index contributed by atoms with van der Waals surface area (Å²) in [6.45, 7) is 1.94. The van der Waals surface area contributed by atoms with Crippen LogP contribution in [0.1, 0.15) is 5.56 Å². The van der Waals surface area contributed by atoms with E-state index >= 15 is 0 Å². The summed E-state index contributed by atoms with van der Waals surface area (Å²) < 4.78 is 30.8. The zero-order valence-corrected chi connectivity index (χ0v) is 9.49. The minimum absolute atomic E-state index is 0.0897. The summed E-state index contributed by atoms with van der Waals surface area (Å²) in [7, 11) is -3.60. The number of nitrogens with one attached hydrogen (secondary N) is 1. The molecule has 0 aliphatic rings. The molecule has 0 atom stereocenters. The smallest absolute Gasteiger partial charge is 0.295 e. The van der Waals surface area contributed by atoms with Crippen LogP contribution in [0.3, 0.4) is 0 Å². The van der Waals surface area contributed by atoms with E-state index in [1.165, 1.54) is 18.4 Å². The Morgan fingerprint density at radius 1 is 1.12 bits per heavy atom. The second-order valence-electron chi connectivity index (χ2n) is 3.40. The van der Waals surface area contributed by atoms with Crippen molar-refractivity contribution >= 4 is 15.7 Å². The van der Waals surface area contributed by atoms with Gasteiger partial charge in [-0.25, -0.2) is 0 Å². The minimum atomic E-state index is -3.60. The van der Waals surface area contributed by atoms with Crippen molar-refractivity contribution in [3.05, 3.63) is 48.2 Å². The van der Waals surface area contributed by atoms with Crippen LogP contribution in [0.25, 0.3) is 0 Å². The Labute approximate surface area is 94.0 Å². The highest BCUT2D eigenvalue weighted by molar-refractivity contribution is 7.92. The highest BCUT2D eigenvalue weighted by atomic mass is 32.2. The average molecular weight is 237 g/mol. The van der Waals surface area contributed by atoms with Crippen LogP contribution in [0.5, 0.6) is 0 Å². The van der Waals surface area contributed by atoms with Gasteiger partial charge in [-0.15, -0.1) is 0 Å². The van der Waals surface area contributed by atoms with Crippen LogP contribution in [0, 0.1) is 6.92 Å². The zero-order valence-electron chi connectivity index (χ0n) is 8.67. The lowest BCUT2D eigenvalue weighted by molar-refractivity contribution is 0.452. The first-order valence-corrected chi connectivity index (χ1v) is 6.19. The van der Waals surface area contributed by atoms with Gasteiger partial charge in [0.1, 0.15) is 0 Å². The number of anilines is 1. The zero-order chi connectivity index (χ0) is 11.6. The first-order chi connectivity index (χ1) is 7.58. The molecule has 1 aromatic heterocycles. The van der Waals surface area contributed by atoms with Crippen molar-refractivity contribution < 1.29 is 12.8 Å². The lowest BCUT2D eigenvalue weighted by Crippen LogP contribution is -2.11. The predicted octanol–water partition coefficient (Wildman–Crippen LogP) is 2.39. The highest BCUT2D eigenvalue weighted by Crippen LogP contribution is 2.16. The van der Waals surface area contributed by atoms with Gasteiger partial charge in [0.15, 0.2) is 0 Å². The second kappa shape index (κ2) is 4.02. The number of hydrogen-bond acceptors (Lipinski definition) is 3. The van der Waals surface area contributed by atoms with Crippen LogP contribution in [0.2, 0.25) is 0 Å². The molecular weight excluding hydrogens is 226 g/mol. The Kier molecular flexibility index (Phi) is 2.70. The van der Waals surface area contributed by atoms with E-state index in [9.17, 15) is 8.42 Å². The third-order valence-corrected chi connectivity index (χ3v) is 3.33. The van der Waals surface area contributed by atoms with Gasteiger partial charge in [0.05, 0.1) is 6.26 Å². The van der Waals surface area contributed by atoms with Gasteiger partial charge in [-0.3, -0.25) is 4.72 Å². The lowest BCUT2D eigenvalue weighted by atomic mass is 10.2. The Morgan fingerprint density at radius 2 is 1.81 bits per heavy atom. The Bertz CT molecular complexity index is 556. The number of benzene rings is 1. The Hall–Kier alpha value is -1.75. The molecule has 1 N–H and O–H groups in total. The maximum atomic E-state index is 11.7. The third-order valence-electron chi connectivity index (χ3n) is 2.06. The van der Waals surface area contributed by atoms with E-state index in [0.717, 1.165) is 5.56 Å². The summed E-state index contributed by atoms with van der Waals surface area (Å²) in [6.07, 6.45) is 1.32. The fourth-order valence-electron chi connectivity index (χ4n) is 1.24. The van der Waals surface area contributed by atoms with Crippen LogP contribution in [-0.4, -0.2) is 8.42 Å². The molecule has 84 valence electrons. The molecule has 0 bridgehead atoms. The normalized spacial score (nSPS) is 11.3. The molecular formula is C11H11NO3S. The van der Waals surface area contributed by atoms with Gasteiger partial charge in [0.2, 0.25) is 5.09 Å². The molecule has 1 heterocycles. The fourth-order valence-corrected chi connectivity index (χ4v) is 2.23. The predicted molar refractivity (Wildman–Crippen MR) is 60.7 cm³/mol. The first kappa shape index (κ1) is 10.8. The lowest BCUT2D eigenvalue weighted by Gasteiger charge is -2.05. The second-order valence-corrected chi connectivity index (χ2v) is 5.02. The van der Waals surface area contributed by atoms with E-state index in [2.05, 4.69) is 4.72 Å². The summed E-state index contributed by atoms with van der Waals surface area (Å²) >= 11 is 0. The standard InChI is InChI=1S/C11H11NO3S/c1-9-4-6-10(7-5-9)12-16(13,14)11-3-2-8-15-11/h2-8,12H,1H3. The topological polar surface area (TPSA) is 59.3 Å². The van der Waals surface area contributed by atoms with E-state index in [0.29, 0.717) is 5.69 Å². The van der Waals surface area contributed by atoms with Crippen LogP contribution >= 0.6 is 0 Å². The molecule has 0 saturated carbocycles. The maximum Gasteiger partial charge on any atom is 0.295 e. The van der Waals surface area contributed by atoms with E-state index < -0.39 is 10.0 Å². The Balaban J connectivity index is 2.25. The summed E-state index contributed by atoms with van der Waals surface area (Å²) in [4.78, 5) is 0. The molecule has 16 heavy (non-hydrogen) atoms. The van der Waals surface area contributed by atoms with Crippen LogP contribution in [-0.2, 0) is 10.0 Å². The van der Waals surface area contributed by atoms with Crippen molar-refractivity contribution in [3.63, 3.8) is 0 Å². The van der Waals surface area contributed by atoms with Crippen LogP contribution in [0.4, 0.5) is 5.69 Å². The molecule has 0 fully saturated rings. The molecule has 2 aromatic rings. The molecule has 4 nitrogen and oxygen atoms in total. The molecule has 0 saturated heterocycles. The number of hydrogen-bond donors (Lipinski definition) is 1. The van der Waals surface area contributed by atoms with Crippen molar-refractivity contribution in [1.29, 1.82) is 0 Å². The van der Waals surface area contributed by atoms with Crippen molar-refractivity contribution in [3.8, 4) is 0 Å². The summed E-state index contributed by atoms with van der Waals surface area (Å²) in [6, 6.07) is 10.0. The van der Waals surface area contributed by atoms with Crippen molar-refractivity contribution in [2.75, 3.05) is 4.72 Å². The summed E-state index contributed by atoms with van der Waals surface area (Å²) in [5, 5.41) is -0.0897. The molecule has 0 spiro atoms. The molecule has 0 aliphatic heterocycles. The van der Waals surface area contributed by atoms with Gasteiger partial charge in [-0.1, -0.05) is 17.7 Å². The number of sulfonamides is 1. The monoisotopic (exact) mass is 237 g/mol. The number of aryl methyl sites for hydroxylation is 1. The van der Waals surface area contributed by atoms with Gasteiger partial charge in [0.25, 0.3) is 10.0 Å². The van der Waals surface area contributed by atoms with Crippen molar-refractivity contribution in [2.45, 2.75) is 12.0 Å². The van der Waals surface area contributed by atoms with Crippen molar-refractivity contribution in [2.24, 2.45) is 0 Å². The minimum Gasteiger partial charge on any atom is -0.451 e.